The van der Waals surface area contributed by atoms with Gasteiger partial charge in [-0.25, -0.2) is 16.8 Å². The molecule has 1 aliphatic heterocycles. The van der Waals surface area contributed by atoms with Gasteiger partial charge in [-0.05, 0) is 6.92 Å². The van der Waals surface area contributed by atoms with Crippen LogP contribution in [0.5, 0.6) is 0 Å². The van der Waals surface area contributed by atoms with E-state index >= 15 is 0 Å². The zero-order valence-electron chi connectivity index (χ0n) is 10.2. The number of aromatic nitrogens is 1. The lowest BCUT2D eigenvalue weighted by Crippen LogP contribution is -2.50. The van der Waals surface area contributed by atoms with Crippen LogP contribution in [0.2, 0.25) is 0 Å². The molecule has 1 aromatic rings. The quantitative estimate of drug-likeness (QED) is 0.769. The molecule has 1 aliphatic rings. The van der Waals surface area contributed by atoms with Crippen molar-refractivity contribution in [2.75, 3.05) is 18.1 Å². The third kappa shape index (κ3) is 2.72. The number of rotatable bonds is 2. The maximum atomic E-state index is 12.3. The SMILES string of the molecule is CC1CS(=O)(=O)CCN1S(=O)(=O)c1c[nH]ccc1=O. The zero-order chi connectivity index (χ0) is 14.3. The summed E-state index contributed by atoms with van der Waals surface area (Å²) in [5.41, 5.74) is -0.612. The van der Waals surface area contributed by atoms with E-state index in [4.69, 9.17) is 0 Å². The Bertz CT molecular complexity index is 735. The van der Waals surface area contributed by atoms with Crippen LogP contribution >= 0.6 is 0 Å². The first-order valence-corrected chi connectivity index (χ1v) is 8.89. The van der Waals surface area contributed by atoms with Gasteiger partial charge >= 0.3 is 0 Å². The third-order valence-corrected chi connectivity index (χ3v) is 6.81. The summed E-state index contributed by atoms with van der Waals surface area (Å²) in [4.78, 5) is 13.8. The maximum absolute atomic E-state index is 12.3. The largest absolute Gasteiger partial charge is 0.366 e. The molecule has 0 radical (unpaired) electrons. The highest BCUT2D eigenvalue weighted by Crippen LogP contribution is 2.19. The van der Waals surface area contributed by atoms with Crippen molar-refractivity contribution < 1.29 is 16.8 Å². The number of H-pyrrole nitrogens is 1. The zero-order valence-corrected chi connectivity index (χ0v) is 11.9. The second-order valence-corrected chi connectivity index (χ2v) is 8.54. The fourth-order valence-electron chi connectivity index (χ4n) is 2.07. The number of aromatic amines is 1. The topological polar surface area (TPSA) is 104 Å². The van der Waals surface area contributed by atoms with Gasteiger partial charge in [-0.2, -0.15) is 4.31 Å². The molecule has 0 amide bonds. The van der Waals surface area contributed by atoms with Crippen LogP contribution in [0.4, 0.5) is 0 Å². The van der Waals surface area contributed by atoms with Gasteiger partial charge in [-0.15, -0.1) is 0 Å². The van der Waals surface area contributed by atoms with Crippen LogP contribution in [0, 0.1) is 0 Å². The van der Waals surface area contributed by atoms with Gasteiger partial charge < -0.3 is 4.98 Å². The number of nitrogens with zero attached hydrogens (tertiary/aromatic N) is 1. The van der Waals surface area contributed by atoms with Gasteiger partial charge in [-0.1, -0.05) is 0 Å². The van der Waals surface area contributed by atoms with Crippen LogP contribution in [0.25, 0.3) is 0 Å². The van der Waals surface area contributed by atoms with E-state index in [1.807, 2.05) is 0 Å². The van der Waals surface area contributed by atoms with Crippen molar-refractivity contribution >= 4 is 19.9 Å². The molecule has 1 saturated heterocycles. The van der Waals surface area contributed by atoms with E-state index in [0.717, 1.165) is 16.6 Å². The summed E-state index contributed by atoms with van der Waals surface area (Å²) in [6, 6.07) is 0.446. The summed E-state index contributed by atoms with van der Waals surface area (Å²) < 4.78 is 48.6. The fraction of sp³-hybridized carbons (Fsp3) is 0.500. The average molecular weight is 306 g/mol. The summed E-state index contributed by atoms with van der Waals surface area (Å²) in [6.07, 6.45) is 2.46. The molecule has 0 aliphatic carbocycles. The summed E-state index contributed by atoms with van der Waals surface area (Å²) >= 11 is 0. The van der Waals surface area contributed by atoms with E-state index in [-0.39, 0.29) is 22.9 Å². The molecule has 0 bridgehead atoms. The molecule has 0 saturated carbocycles. The Morgan fingerprint density at radius 1 is 1.42 bits per heavy atom. The molecule has 1 N–H and O–H groups in total. The molecule has 2 rings (SSSR count). The van der Waals surface area contributed by atoms with Gasteiger partial charge in [0.05, 0.1) is 11.5 Å². The molecule has 106 valence electrons. The average Bonchev–Trinajstić information content (AvgIpc) is 2.27. The smallest absolute Gasteiger partial charge is 0.248 e. The van der Waals surface area contributed by atoms with Crippen molar-refractivity contribution in [3.63, 3.8) is 0 Å². The first kappa shape index (κ1) is 14.2. The second-order valence-electron chi connectivity index (χ2n) is 4.45. The molecule has 0 aromatic carbocycles. The van der Waals surface area contributed by atoms with E-state index < -0.39 is 31.3 Å². The van der Waals surface area contributed by atoms with Crippen LogP contribution in [0.3, 0.4) is 0 Å². The van der Waals surface area contributed by atoms with Crippen molar-refractivity contribution in [2.24, 2.45) is 0 Å². The predicted octanol–water partition coefficient (Wildman–Crippen LogP) is -0.817. The molecular formula is C10H14N2O5S2. The fourth-order valence-corrected chi connectivity index (χ4v) is 5.51. The normalized spacial score (nSPS) is 24.2. The monoisotopic (exact) mass is 306 g/mol. The maximum Gasteiger partial charge on any atom is 0.248 e. The Morgan fingerprint density at radius 3 is 2.68 bits per heavy atom. The summed E-state index contributed by atoms with van der Waals surface area (Å²) in [5.74, 6) is -0.446. The number of hydrogen-bond donors (Lipinski definition) is 1. The van der Waals surface area contributed by atoms with Crippen molar-refractivity contribution in [2.45, 2.75) is 17.9 Å². The number of hydrogen-bond acceptors (Lipinski definition) is 5. The number of sulfonamides is 1. The number of nitrogens with one attached hydrogen (secondary N) is 1. The van der Waals surface area contributed by atoms with Crippen LogP contribution in [-0.4, -0.2) is 50.2 Å². The highest BCUT2D eigenvalue weighted by atomic mass is 32.2. The van der Waals surface area contributed by atoms with Gasteiger partial charge in [0.15, 0.2) is 9.84 Å². The van der Waals surface area contributed by atoms with E-state index in [2.05, 4.69) is 4.98 Å². The molecule has 1 atom stereocenters. The molecule has 19 heavy (non-hydrogen) atoms. The standard InChI is InChI=1S/C10H14N2O5S2/c1-8-7-18(14,15)5-4-12(8)19(16,17)10-6-11-3-2-9(10)13/h2-3,6,8H,4-5,7H2,1H3,(H,11,13). The van der Waals surface area contributed by atoms with E-state index in [1.54, 1.807) is 0 Å². The molecule has 1 aromatic heterocycles. The molecule has 0 spiro atoms. The Hall–Kier alpha value is -1.19. The Kier molecular flexibility index (Phi) is 3.54. The van der Waals surface area contributed by atoms with Gasteiger partial charge in [0, 0.05) is 31.0 Å². The number of sulfone groups is 1. The molecule has 1 fully saturated rings. The minimum Gasteiger partial charge on any atom is -0.366 e. The molecule has 9 heteroatoms. The van der Waals surface area contributed by atoms with Crippen molar-refractivity contribution in [3.8, 4) is 0 Å². The minimum absolute atomic E-state index is 0.125. The van der Waals surface area contributed by atoms with Gasteiger partial charge in [-0.3, -0.25) is 4.79 Å². The van der Waals surface area contributed by atoms with Crippen LogP contribution in [0.1, 0.15) is 6.92 Å². The van der Waals surface area contributed by atoms with Crippen LogP contribution in [-0.2, 0) is 19.9 Å². The Morgan fingerprint density at radius 2 is 2.11 bits per heavy atom. The summed E-state index contributed by atoms with van der Waals surface area (Å²) in [5, 5.41) is 0. The lowest BCUT2D eigenvalue weighted by Gasteiger charge is -2.31. The van der Waals surface area contributed by atoms with Gasteiger partial charge in [0.2, 0.25) is 15.5 Å². The Balaban J connectivity index is 2.42. The summed E-state index contributed by atoms with van der Waals surface area (Å²) in [7, 11) is -7.18. The first-order valence-electron chi connectivity index (χ1n) is 5.63. The van der Waals surface area contributed by atoms with Crippen molar-refractivity contribution in [1.29, 1.82) is 0 Å². The van der Waals surface area contributed by atoms with E-state index in [1.165, 1.54) is 13.1 Å². The van der Waals surface area contributed by atoms with Crippen LogP contribution < -0.4 is 5.43 Å². The first-order chi connectivity index (χ1) is 8.74. The van der Waals surface area contributed by atoms with E-state index in [0.29, 0.717) is 0 Å². The van der Waals surface area contributed by atoms with Gasteiger partial charge in [0.25, 0.3) is 0 Å². The summed E-state index contributed by atoms with van der Waals surface area (Å²) in [6.45, 7) is 1.39. The highest BCUT2D eigenvalue weighted by Gasteiger charge is 2.37. The predicted molar refractivity (Wildman–Crippen MR) is 69.1 cm³/mol. The van der Waals surface area contributed by atoms with Crippen molar-refractivity contribution in [3.05, 3.63) is 28.7 Å². The second kappa shape index (κ2) is 4.73. The molecule has 1 unspecified atom stereocenters. The molecule has 7 nitrogen and oxygen atoms in total. The number of pyridine rings is 1. The van der Waals surface area contributed by atoms with Crippen LogP contribution in [0.15, 0.2) is 28.2 Å². The minimum atomic E-state index is -3.97. The molecule has 2 heterocycles. The van der Waals surface area contributed by atoms with E-state index in [9.17, 15) is 21.6 Å². The molecular weight excluding hydrogens is 292 g/mol. The Labute approximate surface area is 111 Å². The highest BCUT2D eigenvalue weighted by molar-refractivity contribution is 7.92. The third-order valence-electron chi connectivity index (χ3n) is 2.98. The van der Waals surface area contributed by atoms with Crippen molar-refractivity contribution in [1.82, 2.24) is 9.29 Å². The van der Waals surface area contributed by atoms with Gasteiger partial charge in [0.1, 0.15) is 4.90 Å². The lowest BCUT2D eigenvalue weighted by molar-refractivity contribution is 0.356. The lowest BCUT2D eigenvalue weighted by atomic mass is 10.4.